The lowest BCUT2D eigenvalue weighted by Gasteiger charge is -2.33. The number of nitrogens with one attached hydrogen (secondary N) is 2. The molecular weight excluding hydrogens is 294 g/mol. The van der Waals surface area contributed by atoms with Crippen molar-refractivity contribution >= 4 is 23.2 Å². The lowest BCUT2D eigenvalue weighted by molar-refractivity contribution is -0.127. The van der Waals surface area contributed by atoms with Crippen LogP contribution in [0.25, 0.3) is 0 Å². The fourth-order valence-electron chi connectivity index (χ4n) is 2.76. The minimum absolute atomic E-state index is 0.0523. The average molecular weight is 317 g/mol. The van der Waals surface area contributed by atoms with E-state index in [1.165, 1.54) is 0 Å². The maximum Gasteiger partial charge on any atom is 0.253 e. The molecule has 1 aliphatic heterocycles. The Bertz CT molecular complexity index is 620. The van der Waals surface area contributed by atoms with Gasteiger partial charge in [0.1, 0.15) is 0 Å². The highest BCUT2D eigenvalue weighted by molar-refractivity contribution is 7.80. The summed E-state index contributed by atoms with van der Waals surface area (Å²) in [5.41, 5.74) is 3.78. The standard InChI is InChI=1S/C17H23N3OS/c1-5-20(6-2)16(21)14-12(4)18-17(22)19-15(14)13-9-7-8-11(3)10-13/h7-10,15H,5-6H2,1-4H3,(H2,18,19,22)/t15-/m1/s1. The van der Waals surface area contributed by atoms with Crippen molar-refractivity contribution in [2.45, 2.75) is 33.7 Å². The van der Waals surface area contributed by atoms with E-state index in [0.717, 1.165) is 22.4 Å². The van der Waals surface area contributed by atoms with Gasteiger partial charge in [-0.25, -0.2) is 0 Å². The van der Waals surface area contributed by atoms with Crippen molar-refractivity contribution in [1.82, 2.24) is 15.5 Å². The lowest BCUT2D eigenvalue weighted by Crippen LogP contribution is -2.47. The summed E-state index contributed by atoms with van der Waals surface area (Å²) in [6.07, 6.45) is 0. The summed E-state index contributed by atoms with van der Waals surface area (Å²) in [6, 6.07) is 7.97. The highest BCUT2D eigenvalue weighted by Crippen LogP contribution is 2.28. The predicted octanol–water partition coefficient (Wildman–Crippen LogP) is 2.66. The first kappa shape index (κ1) is 16.5. The summed E-state index contributed by atoms with van der Waals surface area (Å²) in [4.78, 5) is 14.7. The van der Waals surface area contributed by atoms with Gasteiger partial charge in [0.25, 0.3) is 5.91 Å². The summed E-state index contributed by atoms with van der Waals surface area (Å²) in [5, 5.41) is 6.88. The van der Waals surface area contributed by atoms with Gasteiger partial charge in [0, 0.05) is 18.8 Å². The molecule has 1 aliphatic rings. The maximum absolute atomic E-state index is 12.9. The molecule has 0 bridgehead atoms. The minimum atomic E-state index is -0.207. The topological polar surface area (TPSA) is 44.4 Å². The predicted molar refractivity (Wildman–Crippen MR) is 93.4 cm³/mol. The number of amides is 1. The van der Waals surface area contributed by atoms with Crippen LogP contribution in [-0.2, 0) is 4.79 Å². The number of carbonyl (C=O) groups is 1. The third-order valence-electron chi connectivity index (χ3n) is 3.93. The molecular formula is C17H23N3OS. The van der Waals surface area contributed by atoms with Gasteiger partial charge in [-0.2, -0.15) is 0 Å². The zero-order valence-electron chi connectivity index (χ0n) is 13.6. The number of thiocarbonyl (C=S) groups is 1. The number of hydrogen-bond acceptors (Lipinski definition) is 2. The van der Waals surface area contributed by atoms with E-state index in [1.807, 2.05) is 50.8 Å². The molecule has 22 heavy (non-hydrogen) atoms. The van der Waals surface area contributed by atoms with Gasteiger partial charge in [-0.1, -0.05) is 29.8 Å². The molecule has 0 aliphatic carbocycles. The molecule has 118 valence electrons. The van der Waals surface area contributed by atoms with Crippen LogP contribution in [-0.4, -0.2) is 29.0 Å². The molecule has 1 atom stereocenters. The normalized spacial score (nSPS) is 17.8. The van der Waals surface area contributed by atoms with E-state index in [9.17, 15) is 4.79 Å². The van der Waals surface area contributed by atoms with E-state index in [-0.39, 0.29) is 11.9 Å². The van der Waals surface area contributed by atoms with Gasteiger partial charge in [0.15, 0.2) is 5.11 Å². The Balaban J connectivity index is 2.47. The van der Waals surface area contributed by atoms with E-state index in [1.54, 1.807) is 0 Å². The first-order chi connectivity index (χ1) is 10.5. The molecule has 4 nitrogen and oxygen atoms in total. The monoisotopic (exact) mass is 317 g/mol. The zero-order valence-corrected chi connectivity index (χ0v) is 14.4. The molecule has 1 amide bonds. The Hall–Kier alpha value is -1.88. The summed E-state index contributed by atoms with van der Waals surface area (Å²) < 4.78 is 0. The number of hydrogen-bond donors (Lipinski definition) is 2. The quantitative estimate of drug-likeness (QED) is 0.838. The summed E-state index contributed by atoms with van der Waals surface area (Å²) in [5.74, 6) is 0.0523. The van der Waals surface area contributed by atoms with Crippen LogP contribution < -0.4 is 10.6 Å². The van der Waals surface area contributed by atoms with E-state index >= 15 is 0 Å². The van der Waals surface area contributed by atoms with E-state index in [0.29, 0.717) is 18.2 Å². The second-order valence-electron chi connectivity index (χ2n) is 5.46. The van der Waals surface area contributed by atoms with E-state index < -0.39 is 0 Å². The third kappa shape index (κ3) is 3.30. The Kier molecular flexibility index (Phi) is 5.19. The van der Waals surface area contributed by atoms with Gasteiger partial charge < -0.3 is 15.5 Å². The third-order valence-corrected chi connectivity index (χ3v) is 4.15. The molecule has 0 saturated carbocycles. The van der Waals surface area contributed by atoms with Crippen LogP contribution in [0.2, 0.25) is 0 Å². The van der Waals surface area contributed by atoms with Crippen molar-refractivity contribution in [1.29, 1.82) is 0 Å². The van der Waals surface area contributed by atoms with Crippen LogP contribution in [0.3, 0.4) is 0 Å². The number of carbonyl (C=O) groups excluding carboxylic acids is 1. The molecule has 1 heterocycles. The molecule has 1 aromatic rings. The van der Waals surface area contributed by atoms with Gasteiger partial charge in [-0.05, 0) is 45.5 Å². The molecule has 0 spiro atoms. The molecule has 1 aromatic carbocycles. The second-order valence-corrected chi connectivity index (χ2v) is 5.87. The van der Waals surface area contributed by atoms with Crippen LogP contribution >= 0.6 is 12.2 Å². The smallest absolute Gasteiger partial charge is 0.253 e. The fourth-order valence-corrected chi connectivity index (χ4v) is 3.03. The lowest BCUT2D eigenvalue weighted by atomic mass is 9.93. The highest BCUT2D eigenvalue weighted by atomic mass is 32.1. The number of benzene rings is 1. The number of aryl methyl sites for hydroxylation is 1. The van der Waals surface area contributed by atoms with Crippen molar-refractivity contribution in [3.05, 3.63) is 46.7 Å². The molecule has 0 radical (unpaired) electrons. The van der Waals surface area contributed by atoms with Gasteiger partial charge in [0.05, 0.1) is 11.6 Å². The van der Waals surface area contributed by atoms with Gasteiger partial charge in [-0.3, -0.25) is 4.79 Å². The highest BCUT2D eigenvalue weighted by Gasteiger charge is 2.31. The van der Waals surface area contributed by atoms with Crippen molar-refractivity contribution < 1.29 is 4.79 Å². The van der Waals surface area contributed by atoms with Crippen molar-refractivity contribution in [2.75, 3.05) is 13.1 Å². The molecule has 5 heteroatoms. The van der Waals surface area contributed by atoms with Crippen LogP contribution in [0.5, 0.6) is 0 Å². The fraction of sp³-hybridized carbons (Fsp3) is 0.412. The van der Waals surface area contributed by atoms with Crippen LogP contribution in [0.1, 0.15) is 37.9 Å². The molecule has 0 unspecified atom stereocenters. The Morgan fingerprint density at radius 1 is 1.27 bits per heavy atom. The summed E-state index contributed by atoms with van der Waals surface area (Å²) in [6.45, 7) is 9.33. The van der Waals surface area contributed by atoms with Gasteiger partial charge >= 0.3 is 0 Å². The molecule has 0 aromatic heterocycles. The Morgan fingerprint density at radius 2 is 1.95 bits per heavy atom. The summed E-state index contributed by atoms with van der Waals surface area (Å²) >= 11 is 5.27. The van der Waals surface area contributed by atoms with Crippen LogP contribution in [0.4, 0.5) is 0 Å². The zero-order chi connectivity index (χ0) is 16.3. The molecule has 2 N–H and O–H groups in total. The largest absolute Gasteiger partial charge is 0.351 e. The Labute approximate surface area is 137 Å². The van der Waals surface area contributed by atoms with E-state index in [4.69, 9.17) is 12.2 Å². The second kappa shape index (κ2) is 6.92. The number of likely N-dealkylation sites (N-methyl/N-ethyl adjacent to an activating group) is 1. The SMILES string of the molecule is CCN(CC)C(=O)C1=C(C)NC(=S)N[C@@H]1c1cccc(C)c1. The average Bonchev–Trinajstić information content (AvgIpc) is 2.47. The maximum atomic E-state index is 12.9. The van der Waals surface area contributed by atoms with Crippen LogP contribution in [0.15, 0.2) is 35.5 Å². The van der Waals surface area contributed by atoms with Crippen molar-refractivity contribution in [2.24, 2.45) is 0 Å². The van der Waals surface area contributed by atoms with Crippen molar-refractivity contribution in [3.8, 4) is 0 Å². The number of allylic oxidation sites excluding steroid dienone is 1. The molecule has 2 rings (SSSR count). The summed E-state index contributed by atoms with van der Waals surface area (Å²) in [7, 11) is 0. The number of rotatable bonds is 4. The molecule has 0 fully saturated rings. The number of nitrogens with zero attached hydrogens (tertiary/aromatic N) is 1. The first-order valence-electron chi connectivity index (χ1n) is 7.62. The first-order valence-corrected chi connectivity index (χ1v) is 8.02. The van der Waals surface area contributed by atoms with Gasteiger partial charge in [-0.15, -0.1) is 0 Å². The van der Waals surface area contributed by atoms with E-state index in [2.05, 4.69) is 16.7 Å². The van der Waals surface area contributed by atoms with Crippen LogP contribution in [0, 0.1) is 6.92 Å². The molecule has 0 saturated heterocycles. The minimum Gasteiger partial charge on any atom is -0.351 e. The van der Waals surface area contributed by atoms with Gasteiger partial charge in [0.2, 0.25) is 0 Å². The van der Waals surface area contributed by atoms with Crippen molar-refractivity contribution in [3.63, 3.8) is 0 Å². The Morgan fingerprint density at radius 3 is 2.55 bits per heavy atom.